The van der Waals surface area contributed by atoms with Gasteiger partial charge in [0.2, 0.25) is 0 Å². The van der Waals surface area contributed by atoms with Gasteiger partial charge in [0.1, 0.15) is 4.21 Å². The molecule has 122 valence electrons. The number of sulfonamides is 1. The Kier molecular flexibility index (Phi) is 4.77. The molecular weight excluding hydrogens is 352 g/mol. The van der Waals surface area contributed by atoms with Crippen LogP contribution in [0.1, 0.15) is 10.4 Å². The van der Waals surface area contributed by atoms with Crippen molar-refractivity contribution in [3.8, 4) is 0 Å². The summed E-state index contributed by atoms with van der Waals surface area (Å²) in [5.41, 5.74) is 0.547. The summed E-state index contributed by atoms with van der Waals surface area (Å²) in [6.45, 7) is 1.37. The molecule has 23 heavy (non-hydrogen) atoms. The monoisotopic (exact) mass is 368 g/mol. The molecule has 0 spiro atoms. The number of carbonyl (C=O) groups excluding carboxylic acids is 1. The third kappa shape index (κ3) is 3.30. The van der Waals surface area contributed by atoms with Crippen LogP contribution in [0.3, 0.4) is 0 Å². The summed E-state index contributed by atoms with van der Waals surface area (Å²) >= 11 is 5.52. The van der Waals surface area contributed by atoms with E-state index < -0.39 is 10.0 Å². The average Bonchev–Trinajstić information content (AvgIpc) is 3.10. The predicted octanol–water partition coefficient (Wildman–Crippen LogP) is 2.18. The van der Waals surface area contributed by atoms with Crippen LogP contribution in [0.15, 0.2) is 50.9 Å². The predicted molar refractivity (Wildman–Crippen MR) is 92.7 cm³/mol. The second kappa shape index (κ2) is 6.64. The fraction of sp³-hybridized carbons (Fsp3) is 0.267. The van der Waals surface area contributed by atoms with Crippen molar-refractivity contribution in [1.29, 1.82) is 0 Å². The maximum Gasteiger partial charge on any atom is 0.255 e. The molecule has 1 aromatic carbocycles. The Morgan fingerprint density at radius 2 is 1.74 bits per heavy atom. The maximum absolute atomic E-state index is 12.5. The molecular formula is C15H16N2O3S3. The van der Waals surface area contributed by atoms with Crippen molar-refractivity contribution < 1.29 is 13.2 Å². The minimum Gasteiger partial charge on any atom is -0.336 e. The third-order valence-electron chi connectivity index (χ3n) is 3.75. The van der Waals surface area contributed by atoms with E-state index in [1.165, 1.54) is 15.6 Å². The van der Waals surface area contributed by atoms with Crippen molar-refractivity contribution in [2.24, 2.45) is 0 Å². The van der Waals surface area contributed by atoms with Gasteiger partial charge < -0.3 is 4.90 Å². The van der Waals surface area contributed by atoms with Crippen molar-refractivity contribution in [1.82, 2.24) is 9.21 Å². The number of hydrogen-bond donors (Lipinski definition) is 1. The molecule has 0 unspecified atom stereocenters. The third-order valence-corrected chi connectivity index (χ3v) is 7.41. The van der Waals surface area contributed by atoms with Crippen molar-refractivity contribution in [3.05, 3.63) is 47.3 Å². The SMILES string of the molecule is O=C(c1ccccc1S)N1CCN(S(=O)(=O)c2cccs2)CC1. The fourth-order valence-electron chi connectivity index (χ4n) is 2.49. The molecule has 2 aromatic rings. The lowest BCUT2D eigenvalue weighted by molar-refractivity contribution is 0.0694. The zero-order chi connectivity index (χ0) is 16.4. The topological polar surface area (TPSA) is 57.7 Å². The highest BCUT2D eigenvalue weighted by Crippen LogP contribution is 2.23. The van der Waals surface area contributed by atoms with E-state index in [-0.39, 0.29) is 5.91 Å². The minimum atomic E-state index is -3.44. The molecule has 0 N–H and O–H groups in total. The van der Waals surface area contributed by atoms with E-state index >= 15 is 0 Å². The van der Waals surface area contributed by atoms with Gasteiger partial charge in [0.15, 0.2) is 0 Å². The molecule has 3 rings (SSSR count). The molecule has 5 nitrogen and oxygen atoms in total. The van der Waals surface area contributed by atoms with Crippen LogP contribution in [-0.4, -0.2) is 49.7 Å². The van der Waals surface area contributed by atoms with Crippen LogP contribution in [0.25, 0.3) is 0 Å². The van der Waals surface area contributed by atoms with Gasteiger partial charge in [-0.25, -0.2) is 8.42 Å². The lowest BCUT2D eigenvalue weighted by atomic mass is 10.2. The normalized spacial score (nSPS) is 16.5. The molecule has 1 fully saturated rings. The molecule has 1 aromatic heterocycles. The number of piperazine rings is 1. The number of benzene rings is 1. The quantitative estimate of drug-likeness (QED) is 0.845. The van der Waals surface area contributed by atoms with Crippen molar-refractivity contribution in [2.75, 3.05) is 26.2 Å². The molecule has 2 heterocycles. The van der Waals surface area contributed by atoms with Crippen LogP contribution >= 0.6 is 24.0 Å². The summed E-state index contributed by atoms with van der Waals surface area (Å²) in [4.78, 5) is 14.8. The largest absolute Gasteiger partial charge is 0.336 e. The first-order chi connectivity index (χ1) is 11.0. The number of carbonyl (C=O) groups is 1. The first kappa shape index (κ1) is 16.5. The number of hydrogen-bond acceptors (Lipinski definition) is 5. The van der Waals surface area contributed by atoms with Crippen LogP contribution in [-0.2, 0) is 10.0 Å². The van der Waals surface area contributed by atoms with Crippen molar-refractivity contribution in [2.45, 2.75) is 9.10 Å². The number of thiophene rings is 1. The van der Waals surface area contributed by atoms with Crippen molar-refractivity contribution in [3.63, 3.8) is 0 Å². The van der Waals surface area contributed by atoms with Gasteiger partial charge in [0.25, 0.3) is 15.9 Å². The van der Waals surface area contributed by atoms with Gasteiger partial charge in [0, 0.05) is 31.1 Å². The summed E-state index contributed by atoms with van der Waals surface area (Å²) in [6.07, 6.45) is 0. The number of nitrogens with zero attached hydrogens (tertiary/aromatic N) is 2. The van der Waals surface area contributed by atoms with Gasteiger partial charge in [-0.3, -0.25) is 4.79 Å². The average molecular weight is 369 g/mol. The Balaban J connectivity index is 1.70. The Hall–Kier alpha value is -1.35. The zero-order valence-corrected chi connectivity index (χ0v) is 14.8. The number of amides is 1. The Morgan fingerprint density at radius 1 is 1.04 bits per heavy atom. The van der Waals surface area contributed by atoms with Crippen LogP contribution in [0.5, 0.6) is 0 Å². The Bertz CT molecular complexity index is 795. The zero-order valence-electron chi connectivity index (χ0n) is 12.3. The van der Waals surface area contributed by atoms with E-state index in [1.807, 2.05) is 6.07 Å². The summed E-state index contributed by atoms with van der Waals surface area (Å²) < 4.78 is 26.7. The van der Waals surface area contributed by atoms with Gasteiger partial charge in [-0.1, -0.05) is 18.2 Å². The highest BCUT2D eigenvalue weighted by atomic mass is 32.2. The second-order valence-corrected chi connectivity index (χ2v) is 8.74. The van der Waals surface area contributed by atoms with Gasteiger partial charge in [-0.05, 0) is 23.6 Å². The van der Waals surface area contributed by atoms with Gasteiger partial charge in [-0.2, -0.15) is 4.31 Å². The van der Waals surface area contributed by atoms with E-state index in [9.17, 15) is 13.2 Å². The van der Waals surface area contributed by atoms with Crippen molar-refractivity contribution >= 4 is 39.9 Å². The van der Waals surface area contributed by atoms with E-state index in [0.717, 1.165) is 0 Å². The fourth-order valence-corrected chi connectivity index (χ4v) is 5.32. The first-order valence-corrected chi connectivity index (χ1v) is 9.88. The highest BCUT2D eigenvalue weighted by Gasteiger charge is 2.31. The van der Waals surface area contributed by atoms with E-state index in [0.29, 0.717) is 40.8 Å². The summed E-state index contributed by atoms with van der Waals surface area (Å²) in [6, 6.07) is 10.5. The molecule has 1 aliphatic heterocycles. The second-order valence-electron chi connectivity index (χ2n) is 5.15. The molecule has 0 aliphatic carbocycles. The molecule has 1 aliphatic rings. The van der Waals surface area contributed by atoms with E-state index in [2.05, 4.69) is 12.6 Å². The lowest BCUT2D eigenvalue weighted by Gasteiger charge is -2.33. The maximum atomic E-state index is 12.5. The minimum absolute atomic E-state index is 0.108. The lowest BCUT2D eigenvalue weighted by Crippen LogP contribution is -2.50. The molecule has 0 atom stereocenters. The molecule has 0 saturated carbocycles. The summed E-state index contributed by atoms with van der Waals surface area (Å²) in [5.74, 6) is -0.108. The number of thiol groups is 1. The number of rotatable bonds is 3. The summed E-state index contributed by atoms with van der Waals surface area (Å²) in [7, 11) is -3.44. The Morgan fingerprint density at radius 3 is 2.35 bits per heavy atom. The molecule has 1 amide bonds. The first-order valence-electron chi connectivity index (χ1n) is 7.11. The summed E-state index contributed by atoms with van der Waals surface area (Å²) in [5, 5.41) is 1.75. The van der Waals surface area contributed by atoms with Crippen LogP contribution in [0, 0.1) is 0 Å². The molecule has 0 bridgehead atoms. The molecule has 8 heteroatoms. The smallest absolute Gasteiger partial charge is 0.255 e. The van der Waals surface area contributed by atoms with E-state index in [4.69, 9.17) is 0 Å². The van der Waals surface area contributed by atoms with Gasteiger partial charge >= 0.3 is 0 Å². The Labute approximate surface area is 145 Å². The van der Waals surface area contributed by atoms with Gasteiger partial charge in [-0.15, -0.1) is 24.0 Å². The standard InChI is InChI=1S/C15H16N2O3S3/c18-15(12-4-1-2-5-13(12)21)16-7-9-17(10-8-16)23(19,20)14-6-3-11-22-14/h1-6,11,21H,7-10H2. The van der Waals surface area contributed by atoms with Crippen LogP contribution in [0.2, 0.25) is 0 Å². The van der Waals surface area contributed by atoms with Gasteiger partial charge in [0.05, 0.1) is 5.56 Å². The van der Waals surface area contributed by atoms with Crippen LogP contribution < -0.4 is 0 Å². The van der Waals surface area contributed by atoms with E-state index in [1.54, 1.807) is 40.6 Å². The van der Waals surface area contributed by atoms with Crippen LogP contribution in [0.4, 0.5) is 0 Å². The highest BCUT2D eigenvalue weighted by molar-refractivity contribution is 7.91. The molecule has 0 radical (unpaired) electrons. The molecule has 1 saturated heterocycles.